The fourth-order valence-corrected chi connectivity index (χ4v) is 7.31. The predicted molar refractivity (Wildman–Crippen MR) is 209 cm³/mol. The van der Waals surface area contributed by atoms with Crippen molar-refractivity contribution in [1.29, 1.82) is 0 Å². The second kappa shape index (κ2) is 11.9. The Labute approximate surface area is 294 Å². The van der Waals surface area contributed by atoms with Crippen LogP contribution < -0.4 is 5.32 Å². The number of nitrogens with one attached hydrogen (secondary N) is 1. The van der Waals surface area contributed by atoms with Gasteiger partial charge in [0, 0.05) is 50.8 Å². The third-order valence-electron chi connectivity index (χ3n) is 9.74. The molecular weight excluding hydrogens is 625 g/mol. The molecule has 1 N–H and O–H groups in total. The number of benzene rings is 7. The van der Waals surface area contributed by atoms with E-state index >= 15 is 0 Å². The van der Waals surface area contributed by atoms with Crippen molar-refractivity contribution >= 4 is 44.5 Å². The zero-order valence-corrected chi connectivity index (χ0v) is 27.5. The van der Waals surface area contributed by atoms with Crippen LogP contribution in [0.5, 0.6) is 0 Å². The lowest BCUT2D eigenvalue weighted by Gasteiger charge is -2.15. The molecule has 0 aliphatic carbocycles. The Balaban J connectivity index is 1.22. The molecule has 0 saturated carbocycles. The van der Waals surface area contributed by atoms with E-state index in [-0.39, 0.29) is 0 Å². The Morgan fingerprint density at radius 1 is 0.471 bits per heavy atom. The Hall–Kier alpha value is -6.85. The SMILES string of the molecule is C1=Cc2cc3oc4c(-c5ccccc5)ccc(-c5ccc(-c6nc(-c7ccccc7)nc(-c7ccccc7)n6)c6ccccc56)c4c3cc2NC1. The molecule has 0 atom stereocenters. The van der Waals surface area contributed by atoms with Gasteiger partial charge in [-0.25, -0.2) is 15.0 Å². The Kier molecular flexibility index (Phi) is 6.81. The molecule has 2 aromatic heterocycles. The summed E-state index contributed by atoms with van der Waals surface area (Å²) in [6.45, 7) is 0.803. The van der Waals surface area contributed by atoms with Crippen molar-refractivity contribution in [3.63, 3.8) is 0 Å². The van der Waals surface area contributed by atoms with Crippen molar-refractivity contribution in [2.45, 2.75) is 0 Å². The number of hydrogen-bond donors (Lipinski definition) is 1. The van der Waals surface area contributed by atoms with E-state index in [9.17, 15) is 0 Å². The van der Waals surface area contributed by atoms with Crippen molar-refractivity contribution in [2.75, 3.05) is 11.9 Å². The van der Waals surface area contributed by atoms with E-state index in [0.717, 1.165) is 89.5 Å². The van der Waals surface area contributed by atoms with E-state index in [2.05, 4.69) is 102 Å². The highest BCUT2D eigenvalue weighted by Crippen LogP contribution is 2.46. The smallest absolute Gasteiger partial charge is 0.164 e. The molecule has 3 heterocycles. The molecule has 0 spiro atoms. The number of aromatic nitrogens is 3. The Bertz CT molecular complexity index is 2730. The van der Waals surface area contributed by atoms with Crippen LogP contribution in [0.3, 0.4) is 0 Å². The summed E-state index contributed by atoms with van der Waals surface area (Å²) in [5.41, 5.74) is 11.3. The minimum absolute atomic E-state index is 0.634. The number of hydrogen-bond acceptors (Lipinski definition) is 5. The standard InChI is InChI=1S/C46H30N4O/c1-4-13-29(14-5-1)33-22-24-37(42-39-28-40-32(19-12-26-47-40)27-41(39)51-43(33)42)36-23-25-38(35-21-11-10-20-34(35)36)46-49-44(30-15-6-2-7-16-30)48-45(50-46)31-17-8-3-9-18-31/h1-25,27-28,47H,26H2. The normalized spacial score (nSPS) is 12.3. The highest BCUT2D eigenvalue weighted by molar-refractivity contribution is 6.20. The van der Waals surface area contributed by atoms with E-state index in [4.69, 9.17) is 19.4 Å². The molecule has 7 aromatic carbocycles. The molecule has 5 heteroatoms. The highest BCUT2D eigenvalue weighted by Gasteiger charge is 2.22. The molecule has 10 rings (SSSR count). The zero-order valence-electron chi connectivity index (χ0n) is 27.5. The second-order valence-corrected chi connectivity index (χ2v) is 12.8. The van der Waals surface area contributed by atoms with Gasteiger partial charge in [-0.05, 0) is 51.7 Å². The molecule has 0 unspecified atom stereocenters. The van der Waals surface area contributed by atoms with Gasteiger partial charge in [0.25, 0.3) is 0 Å². The molecule has 0 saturated heterocycles. The minimum Gasteiger partial charge on any atom is -0.455 e. The maximum Gasteiger partial charge on any atom is 0.164 e. The largest absolute Gasteiger partial charge is 0.455 e. The van der Waals surface area contributed by atoms with Crippen molar-refractivity contribution in [1.82, 2.24) is 15.0 Å². The third kappa shape index (κ3) is 4.98. The first-order chi connectivity index (χ1) is 25.3. The van der Waals surface area contributed by atoms with Crippen molar-refractivity contribution in [3.05, 3.63) is 163 Å². The molecular formula is C46H30N4O. The second-order valence-electron chi connectivity index (χ2n) is 12.8. The Morgan fingerprint density at radius 2 is 1.02 bits per heavy atom. The average molecular weight is 655 g/mol. The van der Waals surface area contributed by atoms with Gasteiger partial charge in [-0.2, -0.15) is 0 Å². The van der Waals surface area contributed by atoms with Gasteiger partial charge >= 0.3 is 0 Å². The van der Waals surface area contributed by atoms with Gasteiger partial charge in [0.15, 0.2) is 17.5 Å². The number of fused-ring (bicyclic) bond motifs is 5. The van der Waals surface area contributed by atoms with Gasteiger partial charge in [-0.1, -0.05) is 140 Å². The molecule has 1 aliphatic rings. The maximum absolute atomic E-state index is 6.79. The van der Waals surface area contributed by atoms with E-state index in [1.165, 1.54) is 0 Å². The number of anilines is 1. The number of furan rings is 1. The fourth-order valence-electron chi connectivity index (χ4n) is 7.31. The summed E-state index contributed by atoms with van der Waals surface area (Å²) >= 11 is 0. The summed E-state index contributed by atoms with van der Waals surface area (Å²) in [5.74, 6) is 1.92. The van der Waals surface area contributed by atoms with Gasteiger partial charge < -0.3 is 9.73 Å². The van der Waals surface area contributed by atoms with E-state index in [1.807, 2.05) is 66.7 Å². The van der Waals surface area contributed by atoms with Crippen LogP contribution in [-0.2, 0) is 0 Å². The van der Waals surface area contributed by atoms with E-state index in [1.54, 1.807) is 0 Å². The van der Waals surface area contributed by atoms with E-state index in [0.29, 0.717) is 17.5 Å². The quantitative estimate of drug-likeness (QED) is 0.200. The topological polar surface area (TPSA) is 63.8 Å². The first-order valence-corrected chi connectivity index (χ1v) is 17.2. The van der Waals surface area contributed by atoms with Crippen LogP contribution in [0.2, 0.25) is 0 Å². The van der Waals surface area contributed by atoms with Crippen LogP contribution in [0.25, 0.3) is 95.2 Å². The monoisotopic (exact) mass is 654 g/mol. The fraction of sp³-hybridized carbons (Fsp3) is 0.0217. The third-order valence-corrected chi connectivity index (χ3v) is 9.74. The van der Waals surface area contributed by atoms with Gasteiger partial charge in [0.2, 0.25) is 0 Å². The molecule has 0 amide bonds. The Morgan fingerprint density at radius 3 is 1.71 bits per heavy atom. The van der Waals surface area contributed by atoms with Crippen molar-refractivity contribution in [2.24, 2.45) is 0 Å². The zero-order chi connectivity index (χ0) is 33.7. The van der Waals surface area contributed by atoms with Gasteiger partial charge in [-0.3, -0.25) is 0 Å². The molecule has 5 nitrogen and oxygen atoms in total. The van der Waals surface area contributed by atoms with Gasteiger partial charge in [0.1, 0.15) is 11.2 Å². The number of nitrogens with zero attached hydrogens (tertiary/aromatic N) is 3. The van der Waals surface area contributed by atoms with Crippen LogP contribution in [-0.4, -0.2) is 21.5 Å². The van der Waals surface area contributed by atoms with Gasteiger partial charge in [0.05, 0.1) is 0 Å². The lowest BCUT2D eigenvalue weighted by Crippen LogP contribution is -2.03. The summed E-state index contributed by atoms with van der Waals surface area (Å²) in [7, 11) is 0. The summed E-state index contributed by atoms with van der Waals surface area (Å²) in [6, 6.07) is 52.4. The molecule has 0 fully saturated rings. The summed E-state index contributed by atoms with van der Waals surface area (Å²) in [5, 5.41) is 7.92. The molecule has 240 valence electrons. The first-order valence-electron chi connectivity index (χ1n) is 17.2. The number of rotatable bonds is 5. The summed E-state index contributed by atoms with van der Waals surface area (Å²) in [4.78, 5) is 15.1. The lowest BCUT2D eigenvalue weighted by atomic mass is 9.90. The van der Waals surface area contributed by atoms with Crippen LogP contribution >= 0.6 is 0 Å². The minimum atomic E-state index is 0.634. The highest BCUT2D eigenvalue weighted by atomic mass is 16.3. The van der Waals surface area contributed by atoms with Crippen molar-refractivity contribution < 1.29 is 4.42 Å². The van der Waals surface area contributed by atoms with Crippen LogP contribution in [0.1, 0.15) is 5.56 Å². The molecule has 0 bridgehead atoms. The maximum atomic E-state index is 6.79. The van der Waals surface area contributed by atoms with Crippen LogP contribution in [0.15, 0.2) is 162 Å². The summed E-state index contributed by atoms with van der Waals surface area (Å²) < 4.78 is 6.79. The molecule has 51 heavy (non-hydrogen) atoms. The van der Waals surface area contributed by atoms with Gasteiger partial charge in [-0.15, -0.1) is 0 Å². The van der Waals surface area contributed by atoms with Crippen molar-refractivity contribution in [3.8, 4) is 56.4 Å². The lowest BCUT2D eigenvalue weighted by molar-refractivity contribution is 0.670. The molecule has 1 aliphatic heterocycles. The summed E-state index contributed by atoms with van der Waals surface area (Å²) in [6.07, 6.45) is 4.31. The predicted octanol–water partition coefficient (Wildman–Crippen LogP) is 11.7. The average Bonchev–Trinajstić information content (AvgIpc) is 3.58. The van der Waals surface area contributed by atoms with E-state index < -0.39 is 0 Å². The van der Waals surface area contributed by atoms with Crippen LogP contribution in [0, 0.1) is 0 Å². The molecule has 9 aromatic rings. The van der Waals surface area contributed by atoms with Crippen LogP contribution in [0.4, 0.5) is 5.69 Å². The molecule has 0 radical (unpaired) electrons. The first kappa shape index (κ1) is 29.1.